The van der Waals surface area contributed by atoms with E-state index in [0.29, 0.717) is 47.9 Å². The van der Waals surface area contributed by atoms with Crippen LogP contribution in [0.1, 0.15) is 42.5 Å². The molecule has 5 aromatic rings. The van der Waals surface area contributed by atoms with Gasteiger partial charge in [-0.2, -0.15) is 0 Å². The lowest BCUT2D eigenvalue weighted by Gasteiger charge is -2.33. The molecule has 0 spiro atoms. The number of hydrogen-bond donors (Lipinski definition) is 1. The van der Waals surface area contributed by atoms with Crippen molar-refractivity contribution in [2.75, 3.05) is 13.1 Å². The summed E-state index contributed by atoms with van der Waals surface area (Å²) in [5.74, 6) is -0.958. The van der Waals surface area contributed by atoms with Gasteiger partial charge in [0.15, 0.2) is 0 Å². The average molecular weight is 518 g/mol. The second-order valence-corrected chi connectivity index (χ2v) is 9.90. The van der Waals surface area contributed by atoms with Crippen LogP contribution in [0.3, 0.4) is 0 Å². The molecule has 188 valence electrons. The number of nitrogens with one attached hydrogen (secondary N) is 1. The van der Waals surface area contributed by atoms with Crippen molar-refractivity contribution in [1.82, 2.24) is 23.8 Å². The van der Waals surface area contributed by atoms with E-state index in [1.807, 2.05) is 33.6 Å². The fourth-order valence-electron chi connectivity index (χ4n) is 5.48. The Labute approximate surface area is 217 Å². The second-order valence-electron chi connectivity index (χ2n) is 9.47. The van der Waals surface area contributed by atoms with E-state index in [-0.39, 0.29) is 29.9 Å². The Morgan fingerprint density at radius 3 is 2.65 bits per heavy atom. The van der Waals surface area contributed by atoms with Gasteiger partial charge in [-0.25, -0.2) is 14.2 Å². The molecule has 1 fully saturated rings. The Bertz CT molecular complexity index is 1660. The lowest BCUT2D eigenvalue weighted by Crippen LogP contribution is -2.41. The third-order valence-corrected chi connectivity index (χ3v) is 7.54. The molecule has 1 saturated heterocycles. The van der Waals surface area contributed by atoms with Crippen LogP contribution < -0.4 is 5.69 Å². The zero-order chi connectivity index (χ0) is 25.5. The SMILES string of the molecule is O=C(CC(c1ccccc1F)c1cnc2ccc(Cl)cn12)N1CCC(n2c(=O)[nH]c3ccccc32)CC1. The van der Waals surface area contributed by atoms with Crippen LogP contribution in [0.5, 0.6) is 0 Å². The lowest BCUT2D eigenvalue weighted by atomic mass is 9.91. The molecule has 7 nitrogen and oxygen atoms in total. The number of benzene rings is 2. The van der Waals surface area contributed by atoms with Gasteiger partial charge in [-0.1, -0.05) is 41.9 Å². The van der Waals surface area contributed by atoms with Crippen molar-refractivity contribution in [3.05, 3.63) is 106 Å². The van der Waals surface area contributed by atoms with Gasteiger partial charge >= 0.3 is 5.69 Å². The molecule has 9 heteroatoms. The Kier molecular flexibility index (Phi) is 6.04. The van der Waals surface area contributed by atoms with E-state index in [0.717, 1.165) is 11.0 Å². The van der Waals surface area contributed by atoms with Crippen molar-refractivity contribution >= 4 is 34.2 Å². The van der Waals surface area contributed by atoms with Crippen LogP contribution in [0.15, 0.2) is 77.9 Å². The number of carbonyl (C=O) groups is 1. The summed E-state index contributed by atoms with van der Waals surface area (Å²) in [4.78, 5) is 35.3. The fraction of sp³-hybridized carbons (Fsp3) is 0.250. The molecule has 1 atom stereocenters. The number of likely N-dealkylation sites (tertiary alicyclic amines) is 1. The smallest absolute Gasteiger partial charge is 0.326 e. The molecule has 1 aliphatic heterocycles. The summed E-state index contributed by atoms with van der Waals surface area (Å²) >= 11 is 6.24. The largest absolute Gasteiger partial charge is 0.343 e. The van der Waals surface area contributed by atoms with E-state index in [1.165, 1.54) is 6.07 Å². The predicted molar refractivity (Wildman–Crippen MR) is 140 cm³/mol. The third-order valence-electron chi connectivity index (χ3n) is 7.32. The first kappa shape index (κ1) is 23.5. The highest BCUT2D eigenvalue weighted by molar-refractivity contribution is 6.30. The van der Waals surface area contributed by atoms with Gasteiger partial charge in [-0.3, -0.25) is 9.36 Å². The highest BCUT2D eigenvalue weighted by atomic mass is 35.5. The summed E-state index contributed by atoms with van der Waals surface area (Å²) in [6.45, 7) is 1.05. The van der Waals surface area contributed by atoms with Crippen LogP contribution in [0.4, 0.5) is 4.39 Å². The molecule has 4 heterocycles. The van der Waals surface area contributed by atoms with E-state index < -0.39 is 5.92 Å². The van der Waals surface area contributed by atoms with Gasteiger partial charge in [-0.05, 0) is 48.7 Å². The standard InChI is InChI=1S/C28H25ClFN5O2/c29-18-9-10-26-31-16-25(34(26)17-18)21(20-5-1-2-6-22(20)30)15-27(36)33-13-11-19(12-14-33)35-24-8-4-3-7-23(24)32-28(35)37/h1-10,16-17,19,21H,11-15H2,(H,32,37). The fourth-order valence-corrected chi connectivity index (χ4v) is 5.64. The number of aromatic nitrogens is 4. The summed E-state index contributed by atoms with van der Waals surface area (Å²) in [5.41, 5.74) is 3.39. The first-order valence-corrected chi connectivity index (χ1v) is 12.7. The first-order chi connectivity index (χ1) is 18.0. The van der Waals surface area contributed by atoms with E-state index in [9.17, 15) is 14.0 Å². The monoisotopic (exact) mass is 517 g/mol. The molecule has 0 bridgehead atoms. The molecule has 0 aliphatic carbocycles. The van der Waals surface area contributed by atoms with Gasteiger partial charge in [0.2, 0.25) is 5.91 Å². The van der Waals surface area contributed by atoms with Crippen LogP contribution in [-0.2, 0) is 4.79 Å². The van der Waals surface area contributed by atoms with Crippen molar-refractivity contribution < 1.29 is 9.18 Å². The minimum absolute atomic E-state index is 0.0102. The number of amides is 1. The number of H-pyrrole nitrogens is 1. The summed E-state index contributed by atoms with van der Waals surface area (Å²) in [6, 6.07) is 17.7. The van der Waals surface area contributed by atoms with Gasteiger partial charge in [-0.15, -0.1) is 0 Å². The number of imidazole rings is 2. The van der Waals surface area contributed by atoms with Gasteiger partial charge in [0.25, 0.3) is 0 Å². The molecule has 1 aliphatic rings. The van der Waals surface area contributed by atoms with Crippen molar-refractivity contribution in [1.29, 1.82) is 0 Å². The van der Waals surface area contributed by atoms with Crippen molar-refractivity contribution in [3.8, 4) is 0 Å². The van der Waals surface area contributed by atoms with Crippen molar-refractivity contribution in [2.24, 2.45) is 0 Å². The van der Waals surface area contributed by atoms with Crippen LogP contribution in [-0.4, -0.2) is 42.8 Å². The summed E-state index contributed by atoms with van der Waals surface area (Å²) in [5, 5.41) is 0.528. The van der Waals surface area contributed by atoms with Gasteiger partial charge < -0.3 is 14.3 Å². The van der Waals surface area contributed by atoms with Gasteiger partial charge in [0.05, 0.1) is 21.7 Å². The van der Waals surface area contributed by atoms with Gasteiger partial charge in [0.1, 0.15) is 11.5 Å². The number of para-hydroxylation sites is 2. The topological polar surface area (TPSA) is 75.4 Å². The molecule has 0 saturated carbocycles. The molecule has 0 radical (unpaired) electrons. The lowest BCUT2D eigenvalue weighted by molar-refractivity contribution is -0.132. The molecule has 3 aromatic heterocycles. The number of nitrogens with zero attached hydrogens (tertiary/aromatic N) is 4. The maximum atomic E-state index is 15.0. The Hall–Kier alpha value is -3.91. The van der Waals surface area contributed by atoms with Crippen LogP contribution in [0.2, 0.25) is 5.02 Å². The molecule has 1 unspecified atom stereocenters. The highest BCUT2D eigenvalue weighted by Gasteiger charge is 2.30. The molecule has 1 N–H and O–H groups in total. The molecular weight excluding hydrogens is 493 g/mol. The van der Waals surface area contributed by atoms with Crippen molar-refractivity contribution in [3.63, 3.8) is 0 Å². The molecule has 1 amide bonds. The first-order valence-electron chi connectivity index (χ1n) is 12.3. The summed E-state index contributed by atoms with van der Waals surface area (Å²) < 4.78 is 18.6. The normalized spacial score (nSPS) is 15.5. The molecule has 6 rings (SSSR count). The zero-order valence-electron chi connectivity index (χ0n) is 20.0. The summed E-state index contributed by atoms with van der Waals surface area (Å²) in [6.07, 6.45) is 4.86. The zero-order valence-corrected chi connectivity index (χ0v) is 20.7. The highest BCUT2D eigenvalue weighted by Crippen LogP contribution is 2.33. The Balaban J connectivity index is 1.25. The van der Waals surface area contributed by atoms with E-state index in [2.05, 4.69) is 9.97 Å². The number of hydrogen-bond acceptors (Lipinski definition) is 3. The van der Waals surface area contributed by atoms with E-state index in [4.69, 9.17) is 11.6 Å². The van der Waals surface area contributed by atoms with E-state index in [1.54, 1.807) is 47.3 Å². The maximum Gasteiger partial charge on any atom is 0.326 e. The van der Waals surface area contributed by atoms with Crippen LogP contribution >= 0.6 is 11.6 Å². The number of halogens is 2. The third kappa shape index (κ3) is 4.31. The quantitative estimate of drug-likeness (QED) is 0.350. The van der Waals surface area contributed by atoms with Crippen molar-refractivity contribution in [2.45, 2.75) is 31.2 Å². The summed E-state index contributed by atoms with van der Waals surface area (Å²) in [7, 11) is 0. The number of pyridine rings is 1. The van der Waals surface area contributed by atoms with Gasteiger partial charge in [0, 0.05) is 43.9 Å². The number of fused-ring (bicyclic) bond motifs is 2. The van der Waals surface area contributed by atoms with Crippen LogP contribution in [0.25, 0.3) is 16.7 Å². The molecular formula is C28H25ClFN5O2. The van der Waals surface area contributed by atoms with E-state index >= 15 is 0 Å². The minimum Gasteiger partial charge on any atom is -0.343 e. The Morgan fingerprint density at radius 1 is 1.08 bits per heavy atom. The number of piperidine rings is 1. The predicted octanol–water partition coefficient (Wildman–Crippen LogP) is 5.16. The second kappa shape index (κ2) is 9.52. The molecule has 2 aromatic carbocycles. The number of carbonyl (C=O) groups excluding carboxylic acids is 1. The average Bonchev–Trinajstić information content (AvgIpc) is 3.47. The maximum absolute atomic E-state index is 15.0. The minimum atomic E-state index is -0.531. The Morgan fingerprint density at radius 2 is 1.84 bits per heavy atom. The molecule has 37 heavy (non-hydrogen) atoms. The van der Waals surface area contributed by atoms with Crippen LogP contribution in [0, 0.1) is 5.82 Å². The number of rotatable bonds is 5. The number of aromatic amines is 1.